The smallest absolute Gasteiger partial charge is 0.222 e. The number of nitrogens with two attached hydrogens (primary N) is 1. The standard InChI is InChI=1S/C16H24N2O/c17-15(14-8-4-3-5-9-14)10-11-16(19)18-12-6-1-2-7-13-18/h3-5,8-9,15H,1-2,6-7,10-13,17H2. The van der Waals surface area contributed by atoms with Crippen LogP contribution in [0.5, 0.6) is 0 Å². The SMILES string of the molecule is NC(CCC(=O)N1CCCCCC1)c1ccccc1. The van der Waals surface area contributed by atoms with E-state index in [9.17, 15) is 4.79 Å². The lowest BCUT2D eigenvalue weighted by atomic mass is 10.0. The second kappa shape index (κ2) is 7.29. The molecule has 1 aliphatic rings. The molecule has 1 heterocycles. The molecule has 2 rings (SSSR count). The first-order chi connectivity index (χ1) is 9.27. The molecule has 19 heavy (non-hydrogen) atoms. The van der Waals surface area contributed by atoms with Crippen LogP contribution in [-0.4, -0.2) is 23.9 Å². The van der Waals surface area contributed by atoms with E-state index in [4.69, 9.17) is 5.73 Å². The molecule has 1 aromatic carbocycles. The minimum Gasteiger partial charge on any atom is -0.343 e. The van der Waals surface area contributed by atoms with Gasteiger partial charge in [0.1, 0.15) is 0 Å². The summed E-state index contributed by atoms with van der Waals surface area (Å²) in [5.74, 6) is 0.272. The van der Waals surface area contributed by atoms with Gasteiger partial charge in [-0.2, -0.15) is 0 Å². The van der Waals surface area contributed by atoms with E-state index < -0.39 is 0 Å². The van der Waals surface area contributed by atoms with Crippen LogP contribution in [0.25, 0.3) is 0 Å². The highest BCUT2D eigenvalue weighted by Gasteiger charge is 2.16. The van der Waals surface area contributed by atoms with Crippen molar-refractivity contribution < 1.29 is 4.79 Å². The van der Waals surface area contributed by atoms with Crippen molar-refractivity contribution in [1.29, 1.82) is 0 Å². The Morgan fingerprint density at radius 1 is 1.11 bits per heavy atom. The van der Waals surface area contributed by atoms with E-state index in [2.05, 4.69) is 0 Å². The zero-order chi connectivity index (χ0) is 13.5. The molecule has 1 saturated heterocycles. The summed E-state index contributed by atoms with van der Waals surface area (Å²) >= 11 is 0. The summed E-state index contributed by atoms with van der Waals surface area (Å²) in [5.41, 5.74) is 7.25. The van der Waals surface area contributed by atoms with Crippen molar-refractivity contribution in [2.24, 2.45) is 5.73 Å². The van der Waals surface area contributed by atoms with Crippen LogP contribution in [0.4, 0.5) is 0 Å². The minimum atomic E-state index is -0.0304. The molecule has 1 amide bonds. The van der Waals surface area contributed by atoms with Gasteiger partial charge in [0.2, 0.25) is 5.91 Å². The van der Waals surface area contributed by atoms with E-state index in [1.165, 1.54) is 12.8 Å². The van der Waals surface area contributed by atoms with E-state index in [0.29, 0.717) is 6.42 Å². The number of carbonyl (C=O) groups excluding carboxylic acids is 1. The topological polar surface area (TPSA) is 46.3 Å². The average Bonchev–Trinajstić information content (AvgIpc) is 2.74. The van der Waals surface area contributed by atoms with Crippen LogP contribution in [-0.2, 0) is 4.79 Å². The van der Waals surface area contributed by atoms with E-state index >= 15 is 0 Å². The van der Waals surface area contributed by atoms with Crippen molar-refractivity contribution in [3.8, 4) is 0 Å². The average molecular weight is 260 g/mol. The number of hydrogen-bond donors (Lipinski definition) is 1. The van der Waals surface area contributed by atoms with Crippen molar-refractivity contribution in [2.45, 2.75) is 44.6 Å². The van der Waals surface area contributed by atoms with E-state index in [1.54, 1.807) is 0 Å². The molecule has 1 atom stereocenters. The van der Waals surface area contributed by atoms with Crippen molar-refractivity contribution in [1.82, 2.24) is 4.90 Å². The first-order valence-electron chi connectivity index (χ1n) is 7.35. The Morgan fingerprint density at radius 2 is 1.74 bits per heavy atom. The fourth-order valence-electron chi connectivity index (χ4n) is 2.62. The van der Waals surface area contributed by atoms with Crippen LogP contribution in [0.3, 0.4) is 0 Å². The quantitative estimate of drug-likeness (QED) is 0.904. The van der Waals surface area contributed by atoms with Crippen LogP contribution < -0.4 is 5.73 Å². The van der Waals surface area contributed by atoms with Crippen molar-refractivity contribution >= 4 is 5.91 Å². The van der Waals surface area contributed by atoms with Crippen molar-refractivity contribution in [3.05, 3.63) is 35.9 Å². The summed E-state index contributed by atoms with van der Waals surface area (Å²) in [6, 6.07) is 10.00. The van der Waals surface area contributed by atoms with Crippen LogP contribution in [0.2, 0.25) is 0 Å². The molecule has 2 N–H and O–H groups in total. The lowest BCUT2D eigenvalue weighted by molar-refractivity contribution is -0.131. The summed E-state index contributed by atoms with van der Waals surface area (Å²) in [7, 11) is 0. The predicted octanol–water partition coefficient (Wildman–Crippen LogP) is 2.87. The van der Waals surface area contributed by atoms with Gasteiger partial charge in [-0.15, -0.1) is 0 Å². The first-order valence-corrected chi connectivity index (χ1v) is 7.35. The predicted molar refractivity (Wildman–Crippen MR) is 77.7 cm³/mol. The first kappa shape index (κ1) is 14.1. The largest absolute Gasteiger partial charge is 0.343 e. The lowest BCUT2D eigenvalue weighted by Gasteiger charge is -2.21. The molecule has 1 fully saturated rings. The Labute approximate surface area is 115 Å². The number of hydrogen-bond acceptors (Lipinski definition) is 2. The highest BCUT2D eigenvalue weighted by molar-refractivity contribution is 5.76. The monoisotopic (exact) mass is 260 g/mol. The normalized spacial score (nSPS) is 17.8. The van der Waals surface area contributed by atoms with Gasteiger partial charge >= 0.3 is 0 Å². The molecule has 3 nitrogen and oxygen atoms in total. The molecular formula is C16H24N2O. The van der Waals surface area contributed by atoms with Gasteiger partial charge < -0.3 is 10.6 Å². The number of nitrogens with zero attached hydrogens (tertiary/aromatic N) is 1. The number of carbonyl (C=O) groups is 1. The van der Waals surface area contributed by atoms with Crippen LogP contribution in [0.15, 0.2) is 30.3 Å². The van der Waals surface area contributed by atoms with E-state index in [0.717, 1.165) is 37.9 Å². The Balaban J connectivity index is 1.79. The summed E-state index contributed by atoms with van der Waals surface area (Å²) in [5, 5.41) is 0. The van der Waals surface area contributed by atoms with Gasteiger partial charge in [0, 0.05) is 25.6 Å². The second-order valence-corrected chi connectivity index (χ2v) is 5.35. The van der Waals surface area contributed by atoms with Crippen molar-refractivity contribution in [3.63, 3.8) is 0 Å². The molecule has 1 unspecified atom stereocenters. The molecule has 0 saturated carbocycles. The van der Waals surface area contributed by atoms with Gasteiger partial charge in [0.25, 0.3) is 0 Å². The zero-order valence-corrected chi connectivity index (χ0v) is 11.6. The maximum absolute atomic E-state index is 12.2. The third-order valence-electron chi connectivity index (χ3n) is 3.86. The number of likely N-dealkylation sites (tertiary alicyclic amines) is 1. The third-order valence-corrected chi connectivity index (χ3v) is 3.86. The van der Waals surface area contributed by atoms with Gasteiger partial charge in [-0.3, -0.25) is 4.79 Å². The van der Waals surface area contributed by atoms with Gasteiger partial charge in [-0.05, 0) is 24.8 Å². The number of amides is 1. The van der Waals surface area contributed by atoms with Crippen LogP contribution in [0.1, 0.15) is 50.1 Å². The van der Waals surface area contributed by atoms with Gasteiger partial charge in [-0.1, -0.05) is 43.2 Å². The van der Waals surface area contributed by atoms with E-state index in [-0.39, 0.29) is 11.9 Å². The van der Waals surface area contributed by atoms with Crippen molar-refractivity contribution in [2.75, 3.05) is 13.1 Å². The summed E-state index contributed by atoms with van der Waals surface area (Å²) in [4.78, 5) is 14.2. The number of benzene rings is 1. The molecule has 0 bridgehead atoms. The highest BCUT2D eigenvalue weighted by atomic mass is 16.2. The Kier molecular flexibility index (Phi) is 5.40. The molecule has 0 radical (unpaired) electrons. The van der Waals surface area contributed by atoms with Gasteiger partial charge in [0.15, 0.2) is 0 Å². The molecule has 0 aliphatic carbocycles. The highest BCUT2D eigenvalue weighted by Crippen LogP contribution is 2.17. The minimum absolute atomic E-state index is 0.0304. The maximum atomic E-state index is 12.2. The van der Waals surface area contributed by atoms with Gasteiger partial charge in [0.05, 0.1) is 0 Å². The molecule has 0 spiro atoms. The summed E-state index contributed by atoms with van der Waals surface area (Å²) < 4.78 is 0. The Hall–Kier alpha value is -1.35. The fraction of sp³-hybridized carbons (Fsp3) is 0.562. The molecule has 0 aromatic heterocycles. The number of rotatable bonds is 4. The second-order valence-electron chi connectivity index (χ2n) is 5.35. The lowest BCUT2D eigenvalue weighted by Crippen LogP contribution is -2.32. The molecule has 1 aliphatic heterocycles. The fourth-order valence-corrected chi connectivity index (χ4v) is 2.62. The molecule has 1 aromatic rings. The maximum Gasteiger partial charge on any atom is 0.222 e. The summed E-state index contributed by atoms with van der Waals surface area (Å²) in [6.07, 6.45) is 6.11. The summed E-state index contributed by atoms with van der Waals surface area (Å²) in [6.45, 7) is 1.86. The molecule has 104 valence electrons. The molecular weight excluding hydrogens is 236 g/mol. The van der Waals surface area contributed by atoms with Crippen LogP contribution >= 0.6 is 0 Å². The molecule has 3 heteroatoms. The Bertz CT molecular complexity index is 383. The van der Waals surface area contributed by atoms with E-state index in [1.807, 2.05) is 35.2 Å². The Morgan fingerprint density at radius 3 is 2.37 bits per heavy atom. The van der Waals surface area contributed by atoms with Gasteiger partial charge in [-0.25, -0.2) is 0 Å². The third kappa shape index (κ3) is 4.35. The zero-order valence-electron chi connectivity index (χ0n) is 11.6. The van der Waals surface area contributed by atoms with Crippen LogP contribution in [0, 0.1) is 0 Å².